The van der Waals surface area contributed by atoms with Gasteiger partial charge in [0.1, 0.15) is 23.6 Å². The molecule has 2 fully saturated rings. The Bertz CT molecular complexity index is 962. The Kier molecular flexibility index (Phi) is 10.2. The molecule has 39 heavy (non-hydrogen) atoms. The van der Waals surface area contributed by atoms with E-state index < -0.39 is 14.2 Å². The van der Waals surface area contributed by atoms with Crippen molar-refractivity contribution in [2.75, 3.05) is 20.3 Å². The lowest BCUT2D eigenvalue weighted by Gasteiger charge is -2.58. The van der Waals surface area contributed by atoms with Gasteiger partial charge in [-0.1, -0.05) is 65.8 Å². The molecule has 2 aliphatic heterocycles. The van der Waals surface area contributed by atoms with Crippen LogP contribution in [0, 0.1) is 0 Å². The van der Waals surface area contributed by atoms with Crippen molar-refractivity contribution in [3.8, 4) is 5.75 Å². The van der Waals surface area contributed by atoms with E-state index in [1.807, 2.05) is 31.2 Å². The molecule has 0 aliphatic carbocycles. The minimum absolute atomic E-state index is 0.0762. The highest BCUT2D eigenvalue weighted by molar-refractivity contribution is 6.73. The fourth-order valence-corrected chi connectivity index (χ4v) is 11.2. The number of rotatable bonds is 11. The van der Waals surface area contributed by atoms with Crippen molar-refractivity contribution in [3.63, 3.8) is 0 Å². The van der Waals surface area contributed by atoms with Crippen molar-refractivity contribution in [2.45, 2.75) is 122 Å². The molecule has 2 heterocycles. The van der Waals surface area contributed by atoms with E-state index in [9.17, 15) is 0 Å². The van der Waals surface area contributed by atoms with Gasteiger partial charge in [0.05, 0.1) is 32.2 Å². The molecule has 3 rings (SSSR count). The summed E-state index contributed by atoms with van der Waals surface area (Å²) < 4.78 is 38.1. The van der Waals surface area contributed by atoms with Gasteiger partial charge in [0.2, 0.25) is 0 Å². The van der Waals surface area contributed by atoms with Gasteiger partial charge in [-0.2, -0.15) is 0 Å². The van der Waals surface area contributed by atoms with Crippen LogP contribution in [0.1, 0.15) is 86.6 Å². The fraction of sp³-hybridized carbons (Fsp3) is 0.688. The van der Waals surface area contributed by atoms with Crippen LogP contribution in [-0.4, -0.2) is 52.8 Å². The van der Waals surface area contributed by atoms with E-state index in [2.05, 4.69) is 61.6 Å². The first-order valence-electron chi connectivity index (χ1n) is 14.3. The fourth-order valence-electron chi connectivity index (χ4n) is 6.20. The Balaban J connectivity index is 1.61. The number of allylic oxidation sites excluding steroid dienone is 1. The zero-order valence-corrected chi connectivity index (χ0v) is 26.9. The molecule has 1 aromatic rings. The van der Waals surface area contributed by atoms with Crippen molar-refractivity contribution in [1.82, 2.24) is 0 Å². The third kappa shape index (κ3) is 7.56. The zero-order valence-electron chi connectivity index (χ0n) is 25.9. The van der Waals surface area contributed by atoms with E-state index in [0.29, 0.717) is 26.2 Å². The first-order chi connectivity index (χ1) is 18.1. The van der Waals surface area contributed by atoms with Gasteiger partial charge in [-0.05, 0) is 38.0 Å². The second-order valence-electron chi connectivity index (χ2n) is 13.6. The first-order valence-corrected chi connectivity index (χ1v) is 16.1. The van der Waals surface area contributed by atoms with Crippen LogP contribution in [0.15, 0.2) is 48.8 Å². The first kappa shape index (κ1) is 31.9. The van der Waals surface area contributed by atoms with E-state index in [1.165, 1.54) is 0 Å². The summed E-state index contributed by atoms with van der Waals surface area (Å²) in [6, 6.07) is 7.94. The Morgan fingerprint density at radius 2 is 1.69 bits per heavy atom. The number of hydrogen-bond donors (Lipinski definition) is 0. The number of ether oxygens (including phenoxy) is 4. The van der Waals surface area contributed by atoms with E-state index in [-0.39, 0.29) is 28.4 Å². The average molecular weight is 561 g/mol. The number of methoxy groups -OCH3 is 1. The monoisotopic (exact) mass is 560 g/mol. The number of fused-ring (bicyclic) bond motifs is 1. The normalized spacial score (nSPS) is 26.9. The lowest BCUT2D eigenvalue weighted by molar-refractivity contribution is -0.243. The summed E-state index contributed by atoms with van der Waals surface area (Å²) in [5, 5.41) is -0.166. The second kappa shape index (κ2) is 12.5. The quantitative estimate of drug-likeness (QED) is 0.119. The van der Waals surface area contributed by atoms with E-state index in [4.69, 9.17) is 27.8 Å². The topological polar surface area (TPSA) is 55.4 Å². The summed E-state index contributed by atoms with van der Waals surface area (Å²) in [4.78, 5) is 0. The molecule has 0 radical (unpaired) electrons. The van der Waals surface area contributed by atoms with Gasteiger partial charge in [0.25, 0.3) is 0 Å². The Hall–Kier alpha value is -1.64. The van der Waals surface area contributed by atoms with Crippen LogP contribution in [0.5, 0.6) is 5.75 Å². The molecule has 0 aromatic heterocycles. The van der Waals surface area contributed by atoms with Gasteiger partial charge in [0.15, 0.2) is 0 Å². The molecule has 7 heteroatoms. The molecule has 2 saturated heterocycles. The average Bonchev–Trinajstić information content (AvgIpc) is 2.82. The molecular formula is C32H52O6Si. The van der Waals surface area contributed by atoms with E-state index >= 15 is 0 Å². The SMILES string of the molecule is C=C(C)C[C@]1(C)O[C@@H]2CO[Si](C(C)(C)C)(C(C)(C)C)O[C@H]2C[C@H]1OC(=C)CCCOCc1ccc(OC)cc1. The predicted octanol–water partition coefficient (Wildman–Crippen LogP) is 7.86. The van der Waals surface area contributed by atoms with Gasteiger partial charge in [-0.3, -0.25) is 0 Å². The van der Waals surface area contributed by atoms with Crippen molar-refractivity contribution in [3.05, 3.63) is 54.3 Å². The molecule has 2 aliphatic rings. The van der Waals surface area contributed by atoms with Crippen LogP contribution in [-0.2, 0) is 29.7 Å². The van der Waals surface area contributed by atoms with Gasteiger partial charge >= 0.3 is 8.56 Å². The van der Waals surface area contributed by atoms with E-state index in [1.54, 1.807) is 7.11 Å². The van der Waals surface area contributed by atoms with Crippen LogP contribution in [0.3, 0.4) is 0 Å². The summed E-state index contributed by atoms with van der Waals surface area (Å²) in [6.07, 6.45) is 2.62. The lowest BCUT2D eigenvalue weighted by Crippen LogP contribution is -2.69. The Labute approximate surface area is 238 Å². The number of benzene rings is 1. The molecule has 4 atom stereocenters. The largest absolute Gasteiger partial charge is 0.497 e. The molecule has 0 saturated carbocycles. The molecule has 0 spiro atoms. The molecular weight excluding hydrogens is 508 g/mol. The van der Waals surface area contributed by atoms with Gasteiger partial charge in [-0.25, -0.2) is 0 Å². The molecule has 6 nitrogen and oxygen atoms in total. The smallest absolute Gasteiger partial charge is 0.349 e. The molecule has 1 aromatic carbocycles. The third-order valence-corrected chi connectivity index (χ3v) is 13.0. The molecule has 0 unspecified atom stereocenters. The maximum Gasteiger partial charge on any atom is 0.349 e. The van der Waals surface area contributed by atoms with Crippen LogP contribution in [0.25, 0.3) is 0 Å². The highest BCUT2D eigenvalue weighted by atomic mass is 28.4. The van der Waals surface area contributed by atoms with Crippen molar-refractivity contribution < 1.29 is 27.8 Å². The van der Waals surface area contributed by atoms with Gasteiger partial charge in [0, 0.05) is 35.9 Å². The van der Waals surface area contributed by atoms with Crippen molar-refractivity contribution in [1.29, 1.82) is 0 Å². The number of hydrogen-bond acceptors (Lipinski definition) is 6. The van der Waals surface area contributed by atoms with Crippen LogP contribution < -0.4 is 4.74 Å². The molecule has 0 bridgehead atoms. The third-order valence-electron chi connectivity index (χ3n) is 7.84. The minimum atomic E-state index is -2.60. The summed E-state index contributed by atoms with van der Waals surface area (Å²) in [7, 11) is -0.935. The Morgan fingerprint density at radius 1 is 1.05 bits per heavy atom. The Morgan fingerprint density at radius 3 is 2.26 bits per heavy atom. The zero-order chi connectivity index (χ0) is 29.1. The summed E-state index contributed by atoms with van der Waals surface area (Å²) in [5.74, 6) is 1.60. The van der Waals surface area contributed by atoms with Crippen LogP contribution in [0.4, 0.5) is 0 Å². The summed E-state index contributed by atoms with van der Waals surface area (Å²) in [5.41, 5.74) is 1.66. The van der Waals surface area contributed by atoms with Gasteiger partial charge < -0.3 is 27.8 Å². The summed E-state index contributed by atoms with van der Waals surface area (Å²) in [6.45, 7) is 27.8. The van der Waals surface area contributed by atoms with E-state index in [0.717, 1.165) is 41.9 Å². The molecule has 220 valence electrons. The highest BCUT2D eigenvalue weighted by Gasteiger charge is 2.64. The van der Waals surface area contributed by atoms with Crippen LogP contribution in [0.2, 0.25) is 10.1 Å². The maximum atomic E-state index is 7.02. The second-order valence-corrected chi connectivity index (χ2v) is 18.3. The van der Waals surface area contributed by atoms with Crippen molar-refractivity contribution in [2.24, 2.45) is 0 Å². The predicted molar refractivity (Wildman–Crippen MR) is 159 cm³/mol. The minimum Gasteiger partial charge on any atom is -0.497 e. The standard InChI is InChI=1S/C32H52O6Si/c1-23(2)20-32(10)29(36-24(3)13-12-18-34-21-25-14-16-26(33-11)17-15-25)19-27-28(37-32)22-35-39(38-27,30(4,5)6)31(7,8)9/h14-17,27-29H,1,3,12-13,18-22H2,2,4-11H3/t27-,28+,29+,32-/m0/s1. The highest BCUT2D eigenvalue weighted by Crippen LogP contribution is 2.55. The maximum absolute atomic E-state index is 7.02. The van der Waals surface area contributed by atoms with Gasteiger partial charge in [-0.15, -0.1) is 6.58 Å². The molecule has 0 N–H and O–H groups in total. The molecule has 0 amide bonds. The summed E-state index contributed by atoms with van der Waals surface area (Å²) >= 11 is 0. The van der Waals surface area contributed by atoms with Crippen molar-refractivity contribution >= 4 is 8.56 Å². The lowest BCUT2D eigenvalue weighted by atomic mass is 9.84. The van der Waals surface area contributed by atoms with Crippen LogP contribution >= 0.6 is 0 Å².